The van der Waals surface area contributed by atoms with Gasteiger partial charge in [0.15, 0.2) is 5.60 Å². The third-order valence-corrected chi connectivity index (χ3v) is 3.16. The third kappa shape index (κ3) is 5.83. The van der Waals surface area contributed by atoms with E-state index in [-0.39, 0.29) is 0 Å². The van der Waals surface area contributed by atoms with Gasteiger partial charge < -0.3 is 19.4 Å². The molecule has 122 valence electrons. The Bertz CT molecular complexity index is 484. The van der Waals surface area contributed by atoms with Gasteiger partial charge in [-0.25, -0.2) is 4.79 Å². The highest BCUT2D eigenvalue weighted by Crippen LogP contribution is 2.19. The van der Waals surface area contributed by atoms with E-state index in [1.54, 1.807) is 19.2 Å². The average Bonchev–Trinajstić information content (AvgIpc) is 2.46. The van der Waals surface area contributed by atoms with Gasteiger partial charge in [0, 0.05) is 20.2 Å². The Labute approximate surface area is 130 Å². The molecule has 1 aromatic carbocycles. The van der Waals surface area contributed by atoms with Crippen LogP contribution in [0.5, 0.6) is 5.75 Å². The van der Waals surface area contributed by atoms with E-state index in [1.165, 1.54) is 13.8 Å². The third-order valence-electron chi connectivity index (χ3n) is 3.16. The van der Waals surface area contributed by atoms with Crippen LogP contribution in [-0.2, 0) is 20.9 Å². The van der Waals surface area contributed by atoms with Gasteiger partial charge in [-0.05, 0) is 31.5 Å². The van der Waals surface area contributed by atoms with Crippen LogP contribution in [0.3, 0.4) is 0 Å². The highest BCUT2D eigenvalue weighted by atomic mass is 16.5. The maximum absolute atomic E-state index is 11.0. The maximum Gasteiger partial charge on any atom is 0.347 e. The second-order valence-corrected chi connectivity index (χ2v) is 5.46. The molecule has 0 aliphatic carbocycles. The van der Waals surface area contributed by atoms with Crippen molar-refractivity contribution >= 4 is 12.3 Å². The minimum Gasteiger partial charge on any atom is -0.478 e. The Morgan fingerprint density at radius 2 is 1.95 bits per heavy atom. The number of benzene rings is 1. The Hall–Kier alpha value is -1.92. The lowest BCUT2D eigenvalue weighted by atomic mass is 10.1. The number of hydrogen-bond donors (Lipinski definition) is 1. The molecular formula is C16H23NO5. The fraction of sp³-hybridized carbons (Fsp3) is 0.500. The standard InChI is InChI=1S/C16H23NO5/c1-16(2,15(19)20)22-14-6-4-13(5-7-14)12-17(8-10-18)9-11-21-3/h4-7,10H,8-9,11-12H2,1-3H3,(H,19,20). The first-order valence-corrected chi connectivity index (χ1v) is 7.05. The molecule has 0 heterocycles. The van der Waals surface area contributed by atoms with Crippen LogP contribution >= 0.6 is 0 Å². The van der Waals surface area contributed by atoms with E-state index < -0.39 is 11.6 Å². The van der Waals surface area contributed by atoms with E-state index in [4.69, 9.17) is 14.6 Å². The number of carboxylic acid groups (broad SMARTS) is 1. The molecule has 0 unspecified atom stereocenters. The summed E-state index contributed by atoms with van der Waals surface area (Å²) in [6, 6.07) is 7.18. The highest BCUT2D eigenvalue weighted by Gasteiger charge is 2.29. The lowest BCUT2D eigenvalue weighted by Crippen LogP contribution is -2.37. The SMILES string of the molecule is COCCN(CC=O)Cc1ccc(OC(C)(C)C(=O)O)cc1. The largest absolute Gasteiger partial charge is 0.478 e. The fourth-order valence-electron chi connectivity index (χ4n) is 1.82. The van der Waals surface area contributed by atoms with Gasteiger partial charge in [0.1, 0.15) is 12.0 Å². The van der Waals surface area contributed by atoms with Gasteiger partial charge in [0.2, 0.25) is 0 Å². The molecule has 1 N–H and O–H groups in total. The van der Waals surface area contributed by atoms with E-state index in [0.717, 1.165) is 11.8 Å². The number of rotatable bonds is 10. The van der Waals surface area contributed by atoms with Gasteiger partial charge in [-0.15, -0.1) is 0 Å². The molecule has 0 radical (unpaired) electrons. The fourth-order valence-corrected chi connectivity index (χ4v) is 1.82. The molecular weight excluding hydrogens is 286 g/mol. The minimum atomic E-state index is -1.27. The molecule has 1 rings (SSSR count). The second kappa shape index (κ2) is 8.51. The molecule has 0 aromatic heterocycles. The van der Waals surface area contributed by atoms with Crippen molar-refractivity contribution < 1.29 is 24.2 Å². The topological polar surface area (TPSA) is 76.1 Å². The van der Waals surface area contributed by atoms with Crippen LogP contribution in [0.25, 0.3) is 0 Å². The Morgan fingerprint density at radius 1 is 1.32 bits per heavy atom. The predicted molar refractivity (Wildman–Crippen MR) is 82.0 cm³/mol. The summed E-state index contributed by atoms with van der Waals surface area (Å²) in [5, 5.41) is 9.04. The number of carbonyl (C=O) groups is 2. The Balaban J connectivity index is 2.67. The van der Waals surface area contributed by atoms with Gasteiger partial charge >= 0.3 is 5.97 Å². The van der Waals surface area contributed by atoms with Crippen molar-refractivity contribution in [3.8, 4) is 5.75 Å². The predicted octanol–water partition coefficient (Wildman–Crippen LogP) is 1.58. The number of nitrogens with zero attached hydrogens (tertiary/aromatic N) is 1. The molecule has 0 spiro atoms. The van der Waals surface area contributed by atoms with Crippen molar-refractivity contribution in [2.45, 2.75) is 26.0 Å². The Kier molecular flexibility index (Phi) is 7.01. The van der Waals surface area contributed by atoms with Crippen molar-refractivity contribution in [2.75, 3.05) is 26.8 Å². The maximum atomic E-state index is 11.0. The first-order chi connectivity index (χ1) is 10.4. The molecule has 1 aromatic rings. The van der Waals surface area contributed by atoms with Gasteiger partial charge in [-0.1, -0.05) is 12.1 Å². The lowest BCUT2D eigenvalue weighted by Gasteiger charge is -2.22. The summed E-state index contributed by atoms with van der Waals surface area (Å²) in [7, 11) is 1.62. The first-order valence-electron chi connectivity index (χ1n) is 7.05. The van der Waals surface area contributed by atoms with Gasteiger partial charge in [-0.2, -0.15) is 0 Å². The second-order valence-electron chi connectivity index (χ2n) is 5.46. The Morgan fingerprint density at radius 3 is 2.45 bits per heavy atom. The zero-order valence-corrected chi connectivity index (χ0v) is 13.2. The zero-order valence-electron chi connectivity index (χ0n) is 13.2. The smallest absolute Gasteiger partial charge is 0.347 e. The molecule has 0 aliphatic rings. The van der Waals surface area contributed by atoms with Crippen LogP contribution in [0, 0.1) is 0 Å². The van der Waals surface area contributed by atoms with Crippen molar-refractivity contribution in [1.29, 1.82) is 0 Å². The molecule has 0 amide bonds. The van der Waals surface area contributed by atoms with Crippen LogP contribution in [0.1, 0.15) is 19.4 Å². The number of carbonyl (C=O) groups excluding carboxylic acids is 1. The van der Waals surface area contributed by atoms with E-state index >= 15 is 0 Å². The summed E-state index contributed by atoms with van der Waals surface area (Å²) in [6.07, 6.45) is 0.864. The molecule has 0 saturated heterocycles. The quantitative estimate of drug-likeness (QED) is 0.661. The van der Waals surface area contributed by atoms with Crippen LogP contribution in [0.4, 0.5) is 0 Å². The van der Waals surface area contributed by atoms with E-state index in [2.05, 4.69) is 0 Å². The van der Waals surface area contributed by atoms with Crippen molar-refractivity contribution in [1.82, 2.24) is 4.90 Å². The molecule has 22 heavy (non-hydrogen) atoms. The lowest BCUT2D eigenvalue weighted by molar-refractivity contribution is -0.152. The number of carboxylic acids is 1. The summed E-state index contributed by atoms with van der Waals surface area (Å²) < 4.78 is 10.5. The molecule has 0 bridgehead atoms. The summed E-state index contributed by atoms with van der Waals surface area (Å²) in [5.74, 6) is -0.525. The average molecular weight is 309 g/mol. The van der Waals surface area contributed by atoms with E-state index in [1.807, 2.05) is 17.0 Å². The normalized spacial score (nSPS) is 11.5. The summed E-state index contributed by atoms with van der Waals surface area (Å²) in [5.41, 5.74) is -0.262. The first kappa shape index (κ1) is 18.1. The van der Waals surface area contributed by atoms with Crippen molar-refractivity contribution in [3.05, 3.63) is 29.8 Å². The number of aliphatic carboxylic acids is 1. The number of ether oxygens (including phenoxy) is 2. The number of aldehydes is 1. The van der Waals surface area contributed by atoms with Crippen molar-refractivity contribution in [3.63, 3.8) is 0 Å². The summed E-state index contributed by atoms with van der Waals surface area (Å²) in [4.78, 5) is 23.7. The zero-order chi connectivity index (χ0) is 16.6. The summed E-state index contributed by atoms with van der Waals surface area (Å²) >= 11 is 0. The molecule has 0 atom stereocenters. The molecule has 0 fully saturated rings. The molecule has 0 aliphatic heterocycles. The number of hydrogen-bond acceptors (Lipinski definition) is 5. The molecule has 6 heteroatoms. The molecule has 6 nitrogen and oxygen atoms in total. The van der Waals surface area contributed by atoms with Crippen LogP contribution in [-0.4, -0.2) is 54.7 Å². The van der Waals surface area contributed by atoms with E-state index in [9.17, 15) is 9.59 Å². The van der Waals surface area contributed by atoms with Gasteiger partial charge in [0.25, 0.3) is 0 Å². The van der Waals surface area contributed by atoms with Gasteiger partial charge in [-0.3, -0.25) is 4.90 Å². The van der Waals surface area contributed by atoms with Crippen molar-refractivity contribution in [2.24, 2.45) is 0 Å². The van der Waals surface area contributed by atoms with Gasteiger partial charge in [0.05, 0.1) is 13.2 Å². The van der Waals surface area contributed by atoms with Crippen LogP contribution in [0.2, 0.25) is 0 Å². The molecule has 0 saturated carbocycles. The minimum absolute atomic E-state index is 0.341. The monoisotopic (exact) mass is 309 g/mol. The van der Waals surface area contributed by atoms with Crippen LogP contribution in [0.15, 0.2) is 24.3 Å². The van der Waals surface area contributed by atoms with E-state index in [0.29, 0.717) is 32.0 Å². The van der Waals surface area contributed by atoms with Crippen LogP contribution < -0.4 is 4.74 Å². The highest BCUT2D eigenvalue weighted by molar-refractivity contribution is 5.76. The summed E-state index contributed by atoms with van der Waals surface area (Å²) in [6.45, 7) is 5.18. The number of methoxy groups -OCH3 is 1.